The van der Waals surface area contributed by atoms with Crippen molar-refractivity contribution in [2.75, 3.05) is 14.2 Å². The van der Waals surface area contributed by atoms with Gasteiger partial charge in [-0.1, -0.05) is 15.9 Å². The summed E-state index contributed by atoms with van der Waals surface area (Å²) in [5, 5.41) is 0. The van der Waals surface area contributed by atoms with Gasteiger partial charge in [0.05, 0.1) is 6.42 Å². The molecule has 94 valence electrons. The van der Waals surface area contributed by atoms with Crippen molar-refractivity contribution in [2.24, 2.45) is 0 Å². The van der Waals surface area contributed by atoms with Crippen molar-refractivity contribution >= 4 is 21.7 Å². The van der Waals surface area contributed by atoms with Crippen LogP contribution in [-0.4, -0.2) is 26.3 Å². The van der Waals surface area contributed by atoms with Crippen LogP contribution in [0.5, 0.6) is 0 Å². The Kier molecular flexibility index (Phi) is 5.74. The van der Waals surface area contributed by atoms with Gasteiger partial charge in [0.15, 0.2) is 6.29 Å². The van der Waals surface area contributed by atoms with E-state index in [1.807, 2.05) is 0 Å². The van der Waals surface area contributed by atoms with Gasteiger partial charge in [-0.3, -0.25) is 4.79 Å². The van der Waals surface area contributed by atoms with Crippen molar-refractivity contribution < 1.29 is 18.7 Å². The van der Waals surface area contributed by atoms with Gasteiger partial charge in [0.1, 0.15) is 11.6 Å². The summed E-state index contributed by atoms with van der Waals surface area (Å²) in [7, 11) is 2.94. The third-order valence-electron chi connectivity index (χ3n) is 2.32. The maximum Gasteiger partial charge on any atom is 0.163 e. The molecule has 0 amide bonds. The predicted molar refractivity (Wildman–Crippen MR) is 65.2 cm³/mol. The third-order valence-corrected chi connectivity index (χ3v) is 3.09. The Bertz CT molecular complexity index is 391. The van der Waals surface area contributed by atoms with Crippen molar-refractivity contribution in [1.29, 1.82) is 0 Å². The molecule has 0 aliphatic carbocycles. The molecule has 0 N–H and O–H groups in total. The summed E-state index contributed by atoms with van der Waals surface area (Å²) in [4.78, 5) is 11.7. The molecule has 1 aromatic carbocycles. The van der Waals surface area contributed by atoms with Gasteiger partial charge < -0.3 is 9.47 Å². The van der Waals surface area contributed by atoms with Crippen LogP contribution in [0.1, 0.15) is 12.0 Å². The molecule has 0 aliphatic rings. The average Bonchev–Trinajstić information content (AvgIpc) is 2.31. The average molecular weight is 305 g/mol. The lowest BCUT2D eigenvalue weighted by Gasteiger charge is -2.12. The molecular weight excluding hydrogens is 291 g/mol. The van der Waals surface area contributed by atoms with Gasteiger partial charge in [0.2, 0.25) is 0 Å². The molecule has 3 nitrogen and oxygen atoms in total. The number of rotatable bonds is 6. The molecule has 0 unspecified atom stereocenters. The number of hydrogen-bond donors (Lipinski definition) is 0. The first-order chi connectivity index (χ1) is 8.06. The Labute approximate surface area is 108 Å². The summed E-state index contributed by atoms with van der Waals surface area (Å²) >= 11 is 3.28. The number of carbonyl (C=O) groups excluding carboxylic acids is 1. The zero-order valence-electron chi connectivity index (χ0n) is 9.70. The molecule has 0 heterocycles. The molecule has 0 radical (unpaired) electrons. The van der Waals surface area contributed by atoms with Crippen LogP contribution in [0, 0.1) is 5.82 Å². The smallest absolute Gasteiger partial charge is 0.163 e. The number of benzene rings is 1. The fraction of sp³-hybridized carbons (Fsp3) is 0.417. The maximum absolute atomic E-state index is 13.0. The van der Waals surface area contributed by atoms with Crippen molar-refractivity contribution in [3.63, 3.8) is 0 Å². The zero-order valence-corrected chi connectivity index (χ0v) is 11.3. The van der Waals surface area contributed by atoms with Gasteiger partial charge in [0, 0.05) is 25.1 Å². The minimum absolute atomic E-state index is 0.0648. The Morgan fingerprint density at radius 2 is 2.06 bits per heavy atom. The Hall–Kier alpha value is -0.780. The fourth-order valence-electron chi connectivity index (χ4n) is 1.41. The highest BCUT2D eigenvalue weighted by Crippen LogP contribution is 2.19. The lowest BCUT2D eigenvalue weighted by molar-refractivity contribution is -0.136. The summed E-state index contributed by atoms with van der Waals surface area (Å²) in [6.45, 7) is 0. The second-order valence-corrected chi connectivity index (χ2v) is 4.41. The summed E-state index contributed by atoms with van der Waals surface area (Å²) < 4.78 is 23.6. The molecular formula is C12H14BrFO3. The number of halogens is 2. The molecule has 0 atom stereocenters. The van der Waals surface area contributed by atoms with E-state index >= 15 is 0 Å². The number of methoxy groups -OCH3 is 2. The monoisotopic (exact) mass is 304 g/mol. The highest BCUT2D eigenvalue weighted by Gasteiger charge is 2.14. The third kappa shape index (κ3) is 4.53. The molecule has 0 aromatic heterocycles. The van der Waals surface area contributed by atoms with Gasteiger partial charge in [-0.05, 0) is 23.8 Å². The highest BCUT2D eigenvalue weighted by atomic mass is 79.9. The largest absolute Gasteiger partial charge is 0.355 e. The maximum atomic E-state index is 13.0. The first kappa shape index (κ1) is 14.3. The molecule has 17 heavy (non-hydrogen) atoms. The number of carbonyl (C=O) groups is 1. The molecule has 1 rings (SSSR count). The molecule has 0 bridgehead atoms. The van der Waals surface area contributed by atoms with Crippen molar-refractivity contribution in [2.45, 2.75) is 19.1 Å². The fourth-order valence-corrected chi connectivity index (χ4v) is 1.80. The van der Waals surface area contributed by atoms with E-state index in [1.54, 1.807) is 6.07 Å². The number of ketones is 1. The summed E-state index contributed by atoms with van der Waals surface area (Å²) in [5.41, 5.74) is 0.626. The van der Waals surface area contributed by atoms with E-state index in [9.17, 15) is 9.18 Å². The van der Waals surface area contributed by atoms with Gasteiger partial charge in [-0.15, -0.1) is 0 Å². The van der Waals surface area contributed by atoms with E-state index in [0.717, 1.165) is 4.47 Å². The molecule has 5 heteroatoms. The molecule has 0 saturated heterocycles. The van der Waals surface area contributed by atoms with Crippen molar-refractivity contribution in [3.05, 3.63) is 34.1 Å². The lowest BCUT2D eigenvalue weighted by Crippen LogP contribution is -2.19. The second kappa shape index (κ2) is 6.83. The summed E-state index contributed by atoms with van der Waals surface area (Å²) in [5.74, 6) is -0.420. The normalized spacial score (nSPS) is 10.9. The van der Waals surface area contributed by atoms with Crippen LogP contribution in [0.15, 0.2) is 22.7 Å². The van der Waals surface area contributed by atoms with E-state index in [4.69, 9.17) is 9.47 Å². The van der Waals surface area contributed by atoms with Crippen LogP contribution in [-0.2, 0) is 20.7 Å². The van der Waals surface area contributed by atoms with E-state index in [1.165, 1.54) is 26.4 Å². The zero-order chi connectivity index (χ0) is 12.8. The van der Waals surface area contributed by atoms with Gasteiger partial charge in [0.25, 0.3) is 0 Å². The SMILES string of the molecule is COC(CC(=O)Cc1cc(F)ccc1Br)OC. The van der Waals surface area contributed by atoms with E-state index < -0.39 is 6.29 Å². The van der Waals surface area contributed by atoms with Crippen molar-refractivity contribution in [1.82, 2.24) is 0 Å². The summed E-state index contributed by atoms with van der Waals surface area (Å²) in [6.07, 6.45) is -0.243. The van der Waals surface area contributed by atoms with Crippen LogP contribution >= 0.6 is 15.9 Å². The molecule has 0 aliphatic heterocycles. The van der Waals surface area contributed by atoms with E-state index in [2.05, 4.69) is 15.9 Å². The van der Waals surface area contributed by atoms with E-state index in [-0.39, 0.29) is 24.4 Å². The standard InChI is InChI=1S/C12H14BrFO3/c1-16-12(17-2)7-10(15)6-8-5-9(14)3-4-11(8)13/h3-5,12H,6-7H2,1-2H3. The van der Waals surface area contributed by atoms with Crippen LogP contribution in [0.4, 0.5) is 4.39 Å². The molecule has 0 fully saturated rings. The topological polar surface area (TPSA) is 35.5 Å². The molecule has 0 spiro atoms. The second-order valence-electron chi connectivity index (χ2n) is 3.56. The van der Waals surface area contributed by atoms with Crippen LogP contribution in [0.2, 0.25) is 0 Å². The molecule has 1 aromatic rings. The summed E-state index contributed by atoms with van der Waals surface area (Å²) in [6, 6.07) is 4.27. The first-order valence-corrected chi connectivity index (χ1v) is 5.87. The first-order valence-electron chi connectivity index (χ1n) is 5.08. The van der Waals surface area contributed by atoms with Crippen LogP contribution in [0.3, 0.4) is 0 Å². The lowest BCUT2D eigenvalue weighted by atomic mass is 10.1. The predicted octanol–water partition coefficient (Wildman–Crippen LogP) is 2.71. The minimum atomic E-state index is -0.546. The Morgan fingerprint density at radius 3 is 2.65 bits per heavy atom. The van der Waals surface area contributed by atoms with Crippen LogP contribution < -0.4 is 0 Å². The Balaban J connectivity index is 2.64. The minimum Gasteiger partial charge on any atom is -0.355 e. The van der Waals surface area contributed by atoms with Gasteiger partial charge in [-0.25, -0.2) is 4.39 Å². The number of Topliss-reactive ketones (excluding diaryl/α,β-unsaturated/α-hetero) is 1. The quantitative estimate of drug-likeness (QED) is 0.758. The van der Waals surface area contributed by atoms with Gasteiger partial charge >= 0.3 is 0 Å². The number of ether oxygens (including phenoxy) is 2. The molecule has 0 saturated carbocycles. The van der Waals surface area contributed by atoms with E-state index in [0.29, 0.717) is 5.56 Å². The highest BCUT2D eigenvalue weighted by molar-refractivity contribution is 9.10. The van der Waals surface area contributed by atoms with Crippen molar-refractivity contribution in [3.8, 4) is 0 Å². The van der Waals surface area contributed by atoms with Crippen LogP contribution in [0.25, 0.3) is 0 Å². The number of hydrogen-bond acceptors (Lipinski definition) is 3. The van der Waals surface area contributed by atoms with Gasteiger partial charge in [-0.2, -0.15) is 0 Å². The Morgan fingerprint density at radius 1 is 1.41 bits per heavy atom.